The molecule has 0 radical (unpaired) electrons. The maximum Gasteiger partial charge on any atom is 0.0108 e. The Hall–Kier alpha value is -0.860. The lowest BCUT2D eigenvalue weighted by Gasteiger charge is -2.27. The van der Waals surface area contributed by atoms with E-state index in [-0.39, 0.29) is 0 Å². The van der Waals surface area contributed by atoms with Crippen molar-refractivity contribution in [1.82, 2.24) is 10.2 Å². The molecule has 0 aliphatic carbocycles. The monoisotopic (exact) mass is 232 g/mol. The van der Waals surface area contributed by atoms with Gasteiger partial charge in [0.1, 0.15) is 0 Å². The molecule has 1 fully saturated rings. The zero-order valence-corrected chi connectivity index (χ0v) is 11.1. The van der Waals surface area contributed by atoms with Gasteiger partial charge in [0.2, 0.25) is 0 Å². The molecule has 1 aliphatic heterocycles. The summed E-state index contributed by atoms with van der Waals surface area (Å²) in [6.45, 7) is 10.3. The number of aryl methyl sites for hydroxylation is 2. The molecule has 94 valence electrons. The second-order valence-electron chi connectivity index (χ2n) is 4.96. The first-order valence-electron chi connectivity index (χ1n) is 6.81. The number of hydrogen-bond donors (Lipinski definition) is 1. The summed E-state index contributed by atoms with van der Waals surface area (Å²) in [6.07, 6.45) is 2.33. The van der Waals surface area contributed by atoms with Gasteiger partial charge in [0.15, 0.2) is 0 Å². The Bertz CT molecular complexity index is 354. The van der Waals surface area contributed by atoms with Crippen LogP contribution in [0, 0.1) is 6.92 Å². The summed E-state index contributed by atoms with van der Waals surface area (Å²) in [6, 6.07) is 6.94. The van der Waals surface area contributed by atoms with Crippen molar-refractivity contribution >= 4 is 0 Å². The van der Waals surface area contributed by atoms with Crippen molar-refractivity contribution in [3.05, 3.63) is 34.9 Å². The molecule has 2 heteroatoms. The first-order valence-corrected chi connectivity index (χ1v) is 6.81. The largest absolute Gasteiger partial charge is 0.314 e. The molecule has 17 heavy (non-hydrogen) atoms. The lowest BCUT2D eigenvalue weighted by atomic mass is 10.0. The molecule has 2 nitrogen and oxygen atoms in total. The molecule has 1 saturated heterocycles. The van der Waals surface area contributed by atoms with Crippen molar-refractivity contribution in [3.8, 4) is 0 Å². The number of rotatable bonds is 4. The predicted octanol–water partition coefficient (Wildman–Crippen LogP) is 2.01. The molecular weight excluding hydrogens is 208 g/mol. The topological polar surface area (TPSA) is 15.3 Å². The molecule has 1 aromatic rings. The third-order valence-electron chi connectivity index (χ3n) is 3.72. The van der Waals surface area contributed by atoms with E-state index in [4.69, 9.17) is 0 Å². The van der Waals surface area contributed by atoms with Crippen LogP contribution >= 0.6 is 0 Å². The number of nitrogens with zero attached hydrogens (tertiary/aromatic N) is 1. The van der Waals surface area contributed by atoms with Gasteiger partial charge in [-0.2, -0.15) is 0 Å². The maximum atomic E-state index is 3.40. The average molecular weight is 232 g/mol. The summed E-state index contributed by atoms with van der Waals surface area (Å²) in [4.78, 5) is 2.56. The second kappa shape index (κ2) is 6.18. The minimum atomic E-state index is 1.15. The first kappa shape index (κ1) is 12.6. The van der Waals surface area contributed by atoms with E-state index in [1.165, 1.54) is 42.7 Å². The number of nitrogens with one attached hydrogen (secondary N) is 1. The molecule has 0 amide bonds. The highest BCUT2D eigenvalue weighted by Gasteiger charge is 2.09. The Kier molecular flexibility index (Phi) is 4.57. The van der Waals surface area contributed by atoms with E-state index in [1.807, 2.05) is 0 Å². The number of hydrogen-bond acceptors (Lipinski definition) is 2. The van der Waals surface area contributed by atoms with Gasteiger partial charge in [-0.05, 0) is 36.5 Å². The zero-order chi connectivity index (χ0) is 12.1. The fourth-order valence-electron chi connectivity index (χ4n) is 2.48. The molecular formula is C15H24N2. The smallest absolute Gasteiger partial charge is 0.0108 e. The number of piperazine rings is 1. The van der Waals surface area contributed by atoms with Crippen LogP contribution < -0.4 is 5.32 Å². The normalized spacial score (nSPS) is 17.3. The average Bonchev–Trinajstić information content (AvgIpc) is 2.39. The predicted molar refractivity (Wildman–Crippen MR) is 73.6 cm³/mol. The summed E-state index contributed by atoms with van der Waals surface area (Å²) in [5.74, 6) is 0. The van der Waals surface area contributed by atoms with E-state index >= 15 is 0 Å². The second-order valence-corrected chi connectivity index (χ2v) is 4.96. The third kappa shape index (κ3) is 3.55. The molecule has 0 saturated carbocycles. The van der Waals surface area contributed by atoms with Crippen LogP contribution in [0.5, 0.6) is 0 Å². The Labute approximate surface area is 105 Å². The van der Waals surface area contributed by atoms with Crippen LogP contribution in [0.3, 0.4) is 0 Å². The standard InChI is InChI=1S/C15H24N2/c1-3-15-12-14(5-4-13(15)2)6-9-17-10-7-16-8-11-17/h4-5,12,16H,3,6-11H2,1-2H3. The highest BCUT2D eigenvalue weighted by molar-refractivity contribution is 5.31. The van der Waals surface area contributed by atoms with Crippen LogP contribution in [-0.2, 0) is 12.8 Å². The minimum absolute atomic E-state index is 1.15. The van der Waals surface area contributed by atoms with Crippen molar-refractivity contribution < 1.29 is 0 Å². The molecule has 0 bridgehead atoms. The zero-order valence-electron chi connectivity index (χ0n) is 11.1. The minimum Gasteiger partial charge on any atom is -0.314 e. The van der Waals surface area contributed by atoms with Crippen LogP contribution in [0.2, 0.25) is 0 Å². The van der Waals surface area contributed by atoms with E-state index in [0.717, 1.165) is 19.5 Å². The summed E-state index contributed by atoms with van der Waals surface area (Å²) >= 11 is 0. The van der Waals surface area contributed by atoms with Gasteiger partial charge < -0.3 is 10.2 Å². The van der Waals surface area contributed by atoms with Crippen LogP contribution in [0.4, 0.5) is 0 Å². The van der Waals surface area contributed by atoms with Gasteiger partial charge in [-0.25, -0.2) is 0 Å². The van der Waals surface area contributed by atoms with E-state index in [9.17, 15) is 0 Å². The Morgan fingerprint density at radius 3 is 2.71 bits per heavy atom. The van der Waals surface area contributed by atoms with Gasteiger partial charge >= 0.3 is 0 Å². The third-order valence-corrected chi connectivity index (χ3v) is 3.72. The maximum absolute atomic E-state index is 3.40. The highest BCUT2D eigenvalue weighted by atomic mass is 15.2. The molecule has 1 aromatic carbocycles. The quantitative estimate of drug-likeness (QED) is 0.854. The Morgan fingerprint density at radius 2 is 2.00 bits per heavy atom. The van der Waals surface area contributed by atoms with Crippen LogP contribution in [-0.4, -0.2) is 37.6 Å². The summed E-state index contributed by atoms with van der Waals surface area (Å²) in [5, 5.41) is 3.40. The molecule has 1 heterocycles. The van der Waals surface area contributed by atoms with E-state index in [1.54, 1.807) is 0 Å². The van der Waals surface area contributed by atoms with E-state index < -0.39 is 0 Å². The van der Waals surface area contributed by atoms with Gasteiger partial charge in [0.05, 0.1) is 0 Å². The van der Waals surface area contributed by atoms with Crippen molar-refractivity contribution in [3.63, 3.8) is 0 Å². The SMILES string of the molecule is CCc1cc(CCN2CCNCC2)ccc1C. The van der Waals surface area contributed by atoms with Gasteiger partial charge in [-0.1, -0.05) is 25.1 Å². The van der Waals surface area contributed by atoms with Crippen LogP contribution in [0.25, 0.3) is 0 Å². The molecule has 0 spiro atoms. The Morgan fingerprint density at radius 1 is 1.24 bits per heavy atom. The van der Waals surface area contributed by atoms with Gasteiger partial charge in [-0.3, -0.25) is 0 Å². The van der Waals surface area contributed by atoms with E-state index in [2.05, 4.69) is 42.3 Å². The molecule has 0 aromatic heterocycles. The van der Waals surface area contributed by atoms with Gasteiger partial charge in [0, 0.05) is 32.7 Å². The first-order chi connectivity index (χ1) is 8.29. The van der Waals surface area contributed by atoms with Crippen LogP contribution in [0.1, 0.15) is 23.6 Å². The van der Waals surface area contributed by atoms with Crippen LogP contribution in [0.15, 0.2) is 18.2 Å². The summed E-state index contributed by atoms with van der Waals surface area (Å²) in [5.41, 5.74) is 4.42. The molecule has 0 atom stereocenters. The summed E-state index contributed by atoms with van der Waals surface area (Å²) < 4.78 is 0. The van der Waals surface area contributed by atoms with Crippen molar-refractivity contribution in [2.75, 3.05) is 32.7 Å². The fraction of sp³-hybridized carbons (Fsp3) is 0.600. The Balaban J connectivity index is 1.89. The number of benzene rings is 1. The molecule has 1 N–H and O–H groups in total. The van der Waals surface area contributed by atoms with Crippen molar-refractivity contribution in [2.24, 2.45) is 0 Å². The molecule has 2 rings (SSSR count). The van der Waals surface area contributed by atoms with Crippen molar-refractivity contribution in [2.45, 2.75) is 26.7 Å². The lowest BCUT2D eigenvalue weighted by molar-refractivity contribution is 0.244. The molecule has 0 unspecified atom stereocenters. The van der Waals surface area contributed by atoms with E-state index in [0.29, 0.717) is 0 Å². The molecule has 1 aliphatic rings. The highest BCUT2D eigenvalue weighted by Crippen LogP contribution is 2.12. The van der Waals surface area contributed by atoms with Crippen molar-refractivity contribution in [1.29, 1.82) is 0 Å². The van der Waals surface area contributed by atoms with Gasteiger partial charge in [-0.15, -0.1) is 0 Å². The summed E-state index contributed by atoms with van der Waals surface area (Å²) in [7, 11) is 0. The lowest BCUT2D eigenvalue weighted by Crippen LogP contribution is -2.44. The van der Waals surface area contributed by atoms with Gasteiger partial charge in [0.25, 0.3) is 0 Å². The fourth-order valence-corrected chi connectivity index (χ4v) is 2.48.